The maximum absolute atomic E-state index is 13.1. The smallest absolute Gasteiger partial charge is 0.239 e. The lowest BCUT2D eigenvalue weighted by Gasteiger charge is -2.21. The highest BCUT2D eigenvalue weighted by molar-refractivity contribution is 5.91. The lowest BCUT2D eigenvalue weighted by molar-refractivity contribution is -0.117. The molecule has 1 heterocycles. The Morgan fingerprint density at radius 3 is 2.75 bits per heavy atom. The molecule has 1 amide bonds. The predicted octanol–water partition coefficient (Wildman–Crippen LogP) is 2.44. The summed E-state index contributed by atoms with van der Waals surface area (Å²) in [6, 6.07) is 9.67. The van der Waals surface area contributed by atoms with Gasteiger partial charge in [0.1, 0.15) is 11.6 Å². The Morgan fingerprint density at radius 1 is 1.33 bits per heavy atom. The number of hydrogen-bond donors (Lipinski definition) is 2. The Morgan fingerprint density at radius 2 is 2.08 bits per heavy atom. The summed E-state index contributed by atoms with van der Waals surface area (Å²) < 4.78 is 13.1. The summed E-state index contributed by atoms with van der Waals surface area (Å²) in [7, 11) is 1.74. The highest BCUT2D eigenvalue weighted by atomic mass is 19.1. The second-order valence-electron chi connectivity index (χ2n) is 5.93. The molecule has 2 N–H and O–H groups in total. The van der Waals surface area contributed by atoms with Crippen LogP contribution in [-0.2, 0) is 4.79 Å². The Hall–Kier alpha value is -2.31. The molecule has 0 aliphatic heterocycles. The van der Waals surface area contributed by atoms with E-state index in [4.69, 9.17) is 0 Å². The summed E-state index contributed by atoms with van der Waals surface area (Å²) in [6.45, 7) is 3.98. The van der Waals surface area contributed by atoms with Crippen LogP contribution < -0.4 is 5.32 Å². The third-order valence-corrected chi connectivity index (χ3v) is 3.64. The van der Waals surface area contributed by atoms with Crippen molar-refractivity contribution in [2.45, 2.75) is 20.0 Å². The van der Waals surface area contributed by atoms with Crippen LogP contribution >= 0.6 is 0 Å². The van der Waals surface area contributed by atoms with Crippen LogP contribution in [-0.4, -0.2) is 41.0 Å². The van der Waals surface area contributed by atoms with Crippen molar-refractivity contribution in [1.29, 1.82) is 0 Å². The van der Waals surface area contributed by atoms with Gasteiger partial charge < -0.3 is 10.4 Å². The van der Waals surface area contributed by atoms with Crippen LogP contribution in [0.2, 0.25) is 0 Å². The number of rotatable bonds is 6. The first-order valence-electron chi connectivity index (χ1n) is 7.71. The minimum absolute atomic E-state index is 0.118. The van der Waals surface area contributed by atoms with Gasteiger partial charge in [-0.3, -0.25) is 9.69 Å². The molecule has 24 heavy (non-hydrogen) atoms. The SMILES string of the molecule is Cc1cccc(NC(=O)CN(C)CC(O)c2ccc(F)cc2C)n1. The minimum Gasteiger partial charge on any atom is -0.387 e. The molecule has 0 spiro atoms. The fourth-order valence-corrected chi connectivity index (χ4v) is 2.51. The topological polar surface area (TPSA) is 65.5 Å². The molecule has 128 valence electrons. The van der Waals surface area contributed by atoms with Crippen molar-refractivity contribution in [3.63, 3.8) is 0 Å². The first kappa shape index (κ1) is 18.0. The summed E-state index contributed by atoms with van der Waals surface area (Å²) in [5.41, 5.74) is 2.16. The van der Waals surface area contributed by atoms with Gasteiger partial charge in [-0.05, 0) is 56.3 Å². The molecule has 1 unspecified atom stereocenters. The number of aromatic nitrogens is 1. The summed E-state index contributed by atoms with van der Waals surface area (Å²) in [5.74, 6) is -0.0382. The number of aryl methyl sites for hydroxylation is 2. The van der Waals surface area contributed by atoms with E-state index in [-0.39, 0.29) is 24.8 Å². The van der Waals surface area contributed by atoms with Gasteiger partial charge in [0.05, 0.1) is 12.6 Å². The number of carbonyl (C=O) groups excluding carboxylic acids is 1. The van der Waals surface area contributed by atoms with Crippen molar-refractivity contribution in [2.24, 2.45) is 0 Å². The molecule has 0 aliphatic carbocycles. The Kier molecular flexibility index (Phi) is 6.00. The van der Waals surface area contributed by atoms with Gasteiger partial charge in [-0.1, -0.05) is 12.1 Å². The largest absolute Gasteiger partial charge is 0.387 e. The van der Waals surface area contributed by atoms with E-state index >= 15 is 0 Å². The predicted molar refractivity (Wildman–Crippen MR) is 91.2 cm³/mol. The van der Waals surface area contributed by atoms with Gasteiger partial charge in [0, 0.05) is 12.2 Å². The fourth-order valence-electron chi connectivity index (χ4n) is 2.51. The van der Waals surface area contributed by atoms with E-state index in [1.54, 1.807) is 31.0 Å². The molecule has 0 radical (unpaired) electrons. The lowest BCUT2D eigenvalue weighted by Crippen LogP contribution is -2.33. The van der Waals surface area contributed by atoms with Gasteiger partial charge in [-0.25, -0.2) is 9.37 Å². The van der Waals surface area contributed by atoms with Crippen LogP contribution in [0.5, 0.6) is 0 Å². The number of aliphatic hydroxyl groups excluding tert-OH is 1. The molecule has 1 aromatic heterocycles. The molecule has 2 rings (SSSR count). The molecule has 0 saturated heterocycles. The molecule has 2 aromatic rings. The number of hydrogen-bond acceptors (Lipinski definition) is 4. The maximum atomic E-state index is 13.1. The zero-order valence-electron chi connectivity index (χ0n) is 14.1. The molecule has 1 aromatic carbocycles. The first-order valence-corrected chi connectivity index (χ1v) is 7.71. The number of anilines is 1. The van der Waals surface area contributed by atoms with Crippen molar-refractivity contribution in [3.8, 4) is 0 Å². The molecule has 6 heteroatoms. The van der Waals surface area contributed by atoms with Crippen LogP contribution in [0.1, 0.15) is 22.9 Å². The number of nitrogens with zero attached hydrogens (tertiary/aromatic N) is 2. The standard InChI is InChI=1S/C18H22FN3O2/c1-12-9-14(19)7-8-15(12)16(23)10-22(3)11-18(24)21-17-6-4-5-13(2)20-17/h4-9,16,23H,10-11H2,1-3H3,(H,20,21,24). The molecule has 5 nitrogen and oxygen atoms in total. The van der Waals surface area contributed by atoms with E-state index in [1.807, 2.05) is 19.1 Å². The van der Waals surface area contributed by atoms with Gasteiger partial charge >= 0.3 is 0 Å². The number of benzene rings is 1. The molecule has 0 bridgehead atoms. The lowest BCUT2D eigenvalue weighted by atomic mass is 10.0. The summed E-state index contributed by atoms with van der Waals surface area (Å²) in [4.78, 5) is 18.0. The van der Waals surface area contributed by atoms with Gasteiger partial charge in [0.2, 0.25) is 5.91 Å². The van der Waals surface area contributed by atoms with Gasteiger partial charge in [-0.15, -0.1) is 0 Å². The van der Waals surface area contributed by atoms with E-state index in [0.717, 1.165) is 5.69 Å². The average molecular weight is 331 g/mol. The van der Waals surface area contributed by atoms with Crippen LogP contribution in [0, 0.1) is 19.7 Å². The third-order valence-electron chi connectivity index (χ3n) is 3.64. The van der Waals surface area contributed by atoms with Crippen molar-refractivity contribution >= 4 is 11.7 Å². The number of pyridine rings is 1. The molecule has 1 atom stereocenters. The normalized spacial score (nSPS) is 12.2. The van der Waals surface area contributed by atoms with Gasteiger partial charge in [0.25, 0.3) is 0 Å². The van der Waals surface area contributed by atoms with Crippen molar-refractivity contribution < 1.29 is 14.3 Å². The molecular formula is C18H22FN3O2. The maximum Gasteiger partial charge on any atom is 0.239 e. The molecular weight excluding hydrogens is 309 g/mol. The molecule has 0 saturated carbocycles. The Balaban J connectivity index is 1.90. The zero-order chi connectivity index (χ0) is 17.7. The van der Waals surface area contributed by atoms with Crippen molar-refractivity contribution in [2.75, 3.05) is 25.5 Å². The average Bonchev–Trinajstić information content (AvgIpc) is 2.46. The fraction of sp³-hybridized carbons (Fsp3) is 0.333. The summed E-state index contributed by atoms with van der Waals surface area (Å²) in [5, 5.41) is 13.0. The molecule has 0 aliphatic rings. The first-order chi connectivity index (χ1) is 11.3. The van der Waals surface area contributed by atoms with E-state index in [0.29, 0.717) is 16.9 Å². The minimum atomic E-state index is -0.791. The van der Waals surface area contributed by atoms with Crippen molar-refractivity contribution in [3.05, 3.63) is 59.0 Å². The highest BCUT2D eigenvalue weighted by Crippen LogP contribution is 2.19. The highest BCUT2D eigenvalue weighted by Gasteiger charge is 2.15. The van der Waals surface area contributed by atoms with Gasteiger partial charge in [0.15, 0.2) is 0 Å². The number of nitrogens with one attached hydrogen (secondary N) is 1. The number of halogens is 1. The number of likely N-dealkylation sites (N-methyl/N-ethyl adjacent to an activating group) is 1. The number of amides is 1. The summed E-state index contributed by atoms with van der Waals surface area (Å²) >= 11 is 0. The van der Waals surface area contributed by atoms with Gasteiger partial charge in [-0.2, -0.15) is 0 Å². The van der Waals surface area contributed by atoms with Crippen molar-refractivity contribution in [1.82, 2.24) is 9.88 Å². The Bertz CT molecular complexity index is 721. The van der Waals surface area contributed by atoms with E-state index < -0.39 is 6.10 Å². The molecule has 0 fully saturated rings. The summed E-state index contributed by atoms with van der Waals surface area (Å²) in [6.07, 6.45) is -0.791. The van der Waals surface area contributed by atoms with Crippen LogP contribution in [0.3, 0.4) is 0 Å². The third kappa shape index (κ3) is 5.11. The Labute approximate surface area is 141 Å². The number of aliphatic hydroxyl groups is 1. The van der Waals surface area contributed by atoms with E-state index in [1.165, 1.54) is 12.1 Å². The van der Waals surface area contributed by atoms with Crippen LogP contribution in [0.15, 0.2) is 36.4 Å². The van der Waals surface area contributed by atoms with E-state index in [2.05, 4.69) is 10.3 Å². The quantitative estimate of drug-likeness (QED) is 0.853. The second-order valence-corrected chi connectivity index (χ2v) is 5.93. The second kappa shape index (κ2) is 7.99. The zero-order valence-corrected chi connectivity index (χ0v) is 14.1. The van der Waals surface area contributed by atoms with Crippen LogP contribution in [0.4, 0.5) is 10.2 Å². The van der Waals surface area contributed by atoms with E-state index in [9.17, 15) is 14.3 Å². The monoisotopic (exact) mass is 331 g/mol. The van der Waals surface area contributed by atoms with Crippen LogP contribution in [0.25, 0.3) is 0 Å². The number of carbonyl (C=O) groups is 1.